The van der Waals surface area contributed by atoms with Crippen molar-refractivity contribution in [2.24, 2.45) is 5.41 Å². The van der Waals surface area contributed by atoms with Crippen LogP contribution in [0.2, 0.25) is 0 Å². The van der Waals surface area contributed by atoms with Crippen molar-refractivity contribution in [3.63, 3.8) is 0 Å². The second-order valence-electron chi connectivity index (χ2n) is 5.21. The van der Waals surface area contributed by atoms with Gasteiger partial charge >= 0.3 is 6.36 Å². The molecule has 1 saturated carbocycles. The van der Waals surface area contributed by atoms with Gasteiger partial charge in [-0.25, -0.2) is 0 Å². The third kappa shape index (κ3) is 2.46. The molecule has 2 rings (SSSR count). The summed E-state index contributed by atoms with van der Waals surface area (Å²) in [4.78, 5) is 0. The van der Waals surface area contributed by atoms with E-state index in [2.05, 4.69) is 4.74 Å². The van der Waals surface area contributed by atoms with Crippen molar-refractivity contribution in [1.29, 1.82) is 0 Å². The number of ether oxygens (including phenoxy) is 1. The normalized spacial score (nSPS) is 21.2. The molecule has 0 aromatic heterocycles. The van der Waals surface area contributed by atoms with E-state index in [1.807, 2.05) is 6.92 Å². The first kappa shape index (κ1) is 13.2. The average molecular weight is 260 g/mol. The first-order chi connectivity index (χ1) is 8.14. The highest BCUT2D eigenvalue weighted by Gasteiger charge is 2.53. The summed E-state index contributed by atoms with van der Waals surface area (Å²) in [5.41, 5.74) is -0.953. The third-order valence-electron chi connectivity index (χ3n) is 3.80. The van der Waals surface area contributed by atoms with Gasteiger partial charge in [0, 0.05) is 5.41 Å². The summed E-state index contributed by atoms with van der Waals surface area (Å²) in [6.07, 6.45) is -2.98. The van der Waals surface area contributed by atoms with Crippen LogP contribution in [-0.2, 0) is 5.60 Å². The van der Waals surface area contributed by atoms with Crippen molar-refractivity contribution < 1.29 is 23.0 Å². The first-order valence-electron chi connectivity index (χ1n) is 5.73. The van der Waals surface area contributed by atoms with Crippen molar-refractivity contribution in [3.05, 3.63) is 29.8 Å². The SMILES string of the molecule is CC1(C(C)(O)c2cccc(OC(F)(F)F)c2)CC1. The van der Waals surface area contributed by atoms with E-state index in [4.69, 9.17) is 0 Å². The van der Waals surface area contributed by atoms with Crippen LogP contribution in [0.25, 0.3) is 0 Å². The molecule has 0 amide bonds. The van der Waals surface area contributed by atoms with Crippen LogP contribution in [0.3, 0.4) is 0 Å². The van der Waals surface area contributed by atoms with Gasteiger partial charge in [0.15, 0.2) is 0 Å². The number of hydrogen-bond acceptors (Lipinski definition) is 2. The van der Waals surface area contributed by atoms with E-state index in [0.717, 1.165) is 12.8 Å². The Kier molecular flexibility index (Phi) is 2.85. The van der Waals surface area contributed by atoms with E-state index < -0.39 is 12.0 Å². The molecule has 1 atom stereocenters. The predicted molar refractivity (Wildman–Crippen MR) is 60.0 cm³/mol. The van der Waals surface area contributed by atoms with Gasteiger partial charge < -0.3 is 9.84 Å². The summed E-state index contributed by atoms with van der Waals surface area (Å²) < 4.78 is 40.3. The van der Waals surface area contributed by atoms with Crippen molar-refractivity contribution >= 4 is 0 Å². The minimum atomic E-state index is -4.71. The summed E-state index contributed by atoms with van der Waals surface area (Å²) in [6, 6.07) is 5.54. The molecule has 0 radical (unpaired) electrons. The largest absolute Gasteiger partial charge is 0.573 e. The van der Waals surface area contributed by atoms with Crippen LogP contribution < -0.4 is 4.74 Å². The van der Waals surface area contributed by atoms with E-state index in [1.165, 1.54) is 18.2 Å². The van der Waals surface area contributed by atoms with Gasteiger partial charge in [-0.3, -0.25) is 0 Å². The molecule has 1 unspecified atom stereocenters. The zero-order valence-corrected chi connectivity index (χ0v) is 10.2. The number of halogens is 3. The fourth-order valence-electron chi connectivity index (χ4n) is 2.02. The van der Waals surface area contributed by atoms with Crippen molar-refractivity contribution in [3.8, 4) is 5.75 Å². The Labute approximate surface area is 103 Å². The molecule has 1 aromatic rings. The predicted octanol–water partition coefficient (Wildman–Crippen LogP) is 3.59. The molecule has 0 spiro atoms. The Balaban J connectivity index is 2.27. The Bertz CT molecular complexity index is 448. The minimum absolute atomic E-state index is 0.260. The number of benzene rings is 1. The summed E-state index contributed by atoms with van der Waals surface area (Å²) in [5, 5.41) is 10.5. The van der Waals surface area contributed by atoms with Gasteiger partial charge in [0.1, 0.15) is 5.75 Å². The van der Waals surface area contributed by atoms with Crippen LogP contribution in [0.4, 0.5) is 13.2 Å². The zero-order valence-electron chi connectivity index (χ0n) is 10.2. The maximum atomic E-state index is 12.1. The van der Waals surface area contributed by atoms with Gasteiger partial charge in [-0.15, -0.1) is 13.2 Å². The summed E-state index contributed by atoms with van der Waals surface area (Å²) in [7, 11) is 0. The van der Waals surface area contributed by atoms with Gasteiger partial charge in [0.25, 0.3) is 0 Å². The van der Waals surface area contributed by atoms with E-state index in [9.17, 15) is 18.3 Å². The molecule has 2 nitrogen and oxygen atoms in total. The molecule has 0 heterocycles. The molecule has 1 N–H and O–H groups in total. The molecule has 1 aliphatic rings. The lowest BCUT2D eigenvalue weighted by molar-refractivity contribution is -0.274. The second kappa shape index (κ2) is 3.88. The molecule has 0 saturated heterocycles. The molecule has 1 aromatic carbocycles. The van der Waals surface area contributed by atoms with Crippen LogP contribution >= 0.6 is 0 Å². The Morgan fingerprint density at radius 3 is 2.39 bits per heavy atom. The molecule has 18 heavy (non-hydrogen) atoms. The second-order valence-corrected chi connectivity index (χ2v) is 5.21. The lowest BCUT2D eigenvalue weighted by Gasteiger charge is -2.31. The molecule has 100 valence electrons. The topological polar surface area (TPSA) is 29.5 Å². The quantitative estimate of drug-likeness (QED) is 0.899. The zero-order chi connectivity index (χ0) is 13.6. The van der Waals surface area contributed by atoms with E-state index in [0.29, 0.717) is 5.56 Å². The third-order valence-corrected chi connectivity index (χ3v) is 3.80. The van der Waals surface area contributed by atoms with Crippen LogP contribution in [0, 0.1) is 5.41 Å². The van der Waals surface area contributed by atoms with Crippen LogP contribution in [0.5, 0.6) is 5.75 Å². The Hall–Kier alpha value is -1.23. The number of alkyl halides is 3. The van der Waals surface area contributed by atoms with Gasteiger partial charge in [-0.2, -0.15) is 0 Å². The fraction of sp³-hybridized carbons (Fsp3) is 0.538. The van der Waals surface area contributed by atoms with E-state index in [1.54, 1.807) is 13.0 Å². The number of rotatable bonds is 3. The van der Waals surface area contributed by atoms with Crippen molar-refractivity contribution in [2.75, 3.05) is 0 Å². The van der Waals surface area contributed by atoms with Crippen LogP contribution in [-0.4, -0.2) is 11.5 Å². The van der Waals surface area contributed by atoms with E-state index in [-0.39, 0.29) is 11.2 Å². The first-order valence-corrected chi connectivity index (χ1v) is 5.73. The van der Waals surface area contributed by atoms with Crippen molar-refractivity contribution in [2.45, 2.75) is 38.7 Å². The smallest absolute Gasteiger partial charge is 0.406 e. The number of hydrogen-bond donors (Lipinski definition) is 1. The lowest BCUT2D eigenvalue weighted by Crippen LogP contribution is -2.31. The van der Waals surface area contributed by atoms with Crippen LogP contribution in [0.15, 0.2) is 24.3 Å². The molecule has 5 heteroatoms. The Morgan fingerprint density at radius 2 is 1.89 bits per heavy atom. The molecule has 0 bridgehead atoms. The van der Waals surface area contributed by atoms with Gasteiger partial charge in [-0.05, 0) is 37.5 Å². The maximum absolute atomic E-state index is 12.1. The average Bonchev–Trinajstić information content (AvgIpc) is 2.96. The van der Waals surface area contributed by atoms with Crippen LogP contribution in [0.1, 0.15) is 32.3 Å². The molecule has 1 aliphatic carbocycles. The highest BCUT2D eigenvalue weighted by molar-refractivity contribution is 5.34. The Morgan fingerprint density at radius 1 is 1.28 bits per heavy atom. The van der Waals surface area contributed by atoms with Crippen molar-refractivity contribution in [1.82, 2.24) is 0 Å². The van der Waals surface area contributed by atoms with E-state index >= 15 is 0 Å². The highest BCUT2D eigenvalue weighted by atomic mass is 19.4. The monoisotopic (exact) mass is 260 g/mol. The molecule has 1 fully saturated rings. The van der Waals surface area contributed by atoms with Gasteiger partial charge in [-0.1, -0.05) is 19.1 Å². The highest BCUT2D eigenvalue weighted by Crippen LogP contribution is 2.57. The summed E-state index contributed by atoms with van der Waals surface area (Å²) >= 11 is 0. The van der Waals surface area contributed by atoms with Gasteiger partial charge in [0.05, 0.1) is 5.60 Å². The minimum Gasteiger partial charge on any atom is -0.406 e. The molecular weight excluding hydrogens is 245 g/mol. The number of aliphatic hydroxyl groups is 1. The maximum Gasteiger partial charge on any atom is 0.573 e. The fourth-order valence-corrected chi connectivity index (χ4v) is 2.02. The summed E-state index contributed by atoms with van der Waals surface area (Å²) in [6.45, 7) is 3.55. The van der Waals surface area contributed by atoms with Gasteiger partial charge in [0.2, 0.25) is 0 Å². The molecule has 0 aliphatic heterocycles. The molecular formula is C13H15F3O2. The lowest BCUT2D eigenvalue weighted by atomic mass is 9.81. The standard InChI is InChI=1S/C13H15F3O2/c1-11(6-7-11)12(2,17)9-4-3-5-10(8-9)18-13(14,15)16/h3-5,8,17H,6-7H2,1-2H3. The summed E-state index contributed by atoms with van der Waals surface area (Å²) in [5.74, 6) is -0.301.